The molecule has 0 unspecified atom stereocenters. The third kappa shape index (κ3) is 7.63. The van der Waals surface area contributed by atoms with Gasteiger partial charge in [-0.15, -0.1) is 12.4 Å². The number of aryl methyl sites for hydroxylation is 1. The Morgan fingerprint density at radius 1 is 1.20 bits per heavy atom. The highest BCUT2D eigenvalue weighted by atomic mass is 35.5. The molecular formula is C19H31ClN2O3. The first-order chi connectivity index (χ1) is 11.7. The number of halogens is 1. The number of hydrogen-bond acceptors (Lipinski definition) is 4. The molecular weight excluding hydrogens is 340 g/mol. The number of ether oxygens (including phenoxy) is 2. The van der Waals surface area contributed by atoms with Crippen LogP contribution in [0, 0.1) is 6.92 Å². The summed E-state index contributed by atoms with van der Waals surface area (Å²) in [5.74, 6) is 1.13. The molecule has 1 aliphatic heterocycles. The molecule has 0 radical (unpaired) electrons. The number of hydrogen-bond donors (Lipinski definition) is 1. The van der Waals surface area contributed by atoms with Crippen molar-refractivity contribution in [1.29, 1.82) is 0 Å². The van der Waals surface area contributed by atoms with Crippen molar-refractivity contribution < 1.29 is 14.3 Å². The van der Waals surface area contributed by atoms with Crippen molar-refractivity contribution >= 4 is 18.3 Å². The standard InChI is InChI=1S/C19H30N2O3.ClH/c1-16-6-2-3-7-18(16)24-14-4-8-19(22)21-12-9-17(10-13-21)23-15-5-11-20;/h2-3,6-7,17H,4-5,8-15,20H2,1H3;1H. The van der Waals surface area contributed by atoms with Crippen molar-refractivity contribution in [2.45, 2.75) is 45.1 Å². The Morgan fingerprint density at radius 3 is 2.60 bits per heavy atom. The molecule has 5 nitrogen and oxygen atoms in total. The maximum Gasteiger partial charge on any atom is 0.222 e. The van der Waals surface area contributed by atoms with E-state index in [1.807, 2.05) is 36.1 Å². The topological polar surface area (TPSA) is 64.8 Å². The van der Waals surface area contributed by atoms with Crippen LogP contribution in [0.5, 0.6) is 5.75 Å². The zero-order valence-electron chi connectivity index (χ0n) is 15.1. The molecule has 0 saturated carbocycles. The lowest BCUT2D eigenvalue weighted by Gasteiger charge is -2.32. The Labute approximate surface area is 157 Å². The average Bonchev–Trinajstić information content (AvgIpc) is 2.61. The summed E-state index contributed by atoms with van der Waals surface area (Å²) in [6.07, 6.45) is 4.33. The monoisotopic (exact) mass is 370 g/mol. The highest BCUT2D eigenvalue weighted by Crippen LogP contribution is 2.17. The third-order valence-electron chi connectivity index (χ3n) is 4.38. The van der Waals surface area contributed by atoms with Crippen molar-refractivity contribution in [3.63, 3.8) is 0 Å². The quantitative estimate of drug-likeness (QED) is 0.679. The number of carbonyl (C=O) groups excluding carboxylic acids is 1. The van der Waals surface area contributed by atoms with E-state index in [4.69, 9.17) is 15.2 Å². The van der Waals surface area contributed by atoms with Crippen LogP contribution in [-0.4, -0.2) is 49.8 Å². The minimum Gasteiger partial charge on any atom is -0.493 e. The Balaban J connectivity index is 0.00000312. The number of nitrogens with zero attached hydrogens (tertiary/aromatic N) is 1. The highest BCUT2D eigenvalue weighted by Gasteiger charge is 2.22. The Morgan fingerprint density at radius 2 is 1.92 bits per heavy atom. The summed E-state index contributed by atoms with van der Waals surface area (Å²) in [7, 11) is 0. The molecule has 0 bridgehead atoms. The third-order valence-corrected chi connectivity index (χ3v) is 4.38. The van der Waals surface area contributed by atoms with Gasteiger partial charge in [-0.25, -0.2) is 0 Å². The maximum absolute atomic E-state index is 12.3. The van der Waals surface area contributed by atoms with E-state index >= 15 is 0 Å². The number of likely N-dealkylation sites (tertiary alicyclic amines) is 1. The zero-order chi connectivity index (χ0) is 17.2. The first-order valence-electron chi connectivity index (χ1n) is 8.98. The number of rotatable bonds is 9. The van der Waals surface area contributed by atoms with Gasteiger partial charge in [0.2, 0.25) is 5.91 Å². The lowest BCUT2D eigenvalue weighted by atomic mass is 10.1. The van der Waals surface area contributed by atoms with Gasteiger partial charge >= 0.3 is 0 Å². The number of carbonyl (C=O) groups is 1. The van der Waals surface area contributed by atoms with Crippen molar-refractivity contribution in [3.05, 3.63) is 29.8 Å². The maximum atomic E-state index is 12.3. The van der Waals surface area contributed by atoms with Crippen molar-refractivity contribution in [2.75, 3.05) is 32.8 Å². The molecule has 0 spiro atoms. The molecule has 25 heavy (non-hydrogen) atoms. The lowest BCUT2D eigenvalue weighted by molar-refractivity contribution is -0.134. The van der Waals surface area contributed by atoms with Gasteiger partial charge in [0.1, 0.15) is 5.75 Å². The van der Waals surface area contributed by atoms with E-state index in [-0.39, 0.29) is 24.4 Å². The van der Waals surface area contributed by atoms with Crippen molar-refractivity contribution in [3.8, 4) is 5.75 Å². The predicted octanol–water partition coefficient (Wildman–Crippen LogP) is 2.93. The predicted molar refractivity (Wildman–Crippen MR) is 102 cm³/mol. The molecule has 2 rings (SSSR count). The van der Waals surface area contributed by atoms with Gasteiger partial charge in [0.05, 0.1) is 12.7 Å². The number of piperidine rings is 1. The van der Waals surface area contributed by atoms with Gasteiger partial charge < -0.3 is 20.1 Å². The van der Waals surface area contributed by atoms with Crippen molar-refractivity contribution in [1.82, 2.24) is 4.90 Å². The Bertz CT molecular complexity index is 505. The largest absolute Gasteiger partial charge is 0.493 e. The molecule has 142 valence electrons. The number of amides is 1. The fraction of sp³-hybridized carbons (Fsp3) is 0.632. The molecule has 2 N–H and O–H groups in total. The fourth-order valence-corrected chi connectivity index (χ4v) is 2.89. The van der Waals surface area contributed by atoms with E-state index in [0.29, 0.717) is 19.6 Å². The van der Waals surface area contributed by atoms with Crippen LogP contribution in [0.2, 0.25) is 0 Å². The normalized spacial score (nSPS) is 14.9. The molecule has 6 heteroatoms. The summed E-state index contributed by atoms with van der Waals surface area (Å²) < 4.78 is 11.5. The molecule has 1 aliphatic rings. The minimum absolute atomic E-state index is 0. The second-order valence-electron chi connectivity index (χ2n) is 6.31. The molecule has 1 aromatic carbocycles. The first-order valence-corrected chi connectivity index (χ1v) is 8.98. The second-order valence-corrected chi connectivity index (χ2v) is 6.31. The first kappa shape index (κ1) is 21.7. The molecule has 1 aromatic rings. The number of benzene rings is 1. The van der Waals surface area contributed by atoms with Crippen LogP contribution in [0.1, 0.15) is 37.7 Å². The Kier molecular flexibility index (Phi) is 10.5. The van der Waals surface area contributed by atoms with Gasteiger partial charge in [-0.2, -0.15) is 0 Å². The van der Waals surface area contributed by atoms with Gasteiger partial charge in [0.15, 0.2) is 0 Å². The van der Waals surface area contributed by atoms with Gasteiger partial charge in [-0.1, -0.05) is 18.2 Å². The number of para-hydroxylation sites is 1. The van der Waals surface area contributed by atoms with E-state index in [2.05, 4.69) is 0 Å². The fourth-order valence-electron chi connectivity index (χ4n) is 2.89. The second kappa shape index (κ2) is 12.1. The zero-order valence-corrected chi connectivity index (χ0v) is 15.9. The van der Waals surface area contributed by atoms with Crippen LogP contribution in [0.25, 0.3) is 0 Å². The van der Waals surface area contributed by atoms with Crippen LogP contribution in [0.3, 0.4) is 0 Å². The van der Waals surface area contributed by atoms with Gasteiger partial charge in [0, 0.05) is 26.1 Å². The lowest BCUT2D eigenvalue weighted by Crippen LogP contribution is -2.41. The summed E-state index contributed by atoms with van der Waals surface area (Å²) in [4.78, 5) is 14.2. The summed E-state index contributed by atoms with van der Waals surface area (Å²) in [5, 5.41) is 0. The van der Waals surface area contributed by atoms with Gasteiger partial charge in [0.25, 0.3) is 0 Å². The van der Waals surface area contributed by atoms with Crippen LogP contribution in [0.4, 0.5) is 0 Å². The van der Waals surface area contributed by atoms with E-state index in [1.165, 1.54) is 0 Å². The molecule has 0 atom stereocenters. The summed E-state index contributed by atoms with van der Waals surface area (Å²) in [6, 6.07) is 7.95. The summed E-state index contributed by atoms with van der Waals surface area (Å²) in [6.45, 7) is 5.60. The van der Waals surface area contributed by atoms with E-state index in [0.717, 1.165) is 56.7 Å². The summed E-state index contributed by atoms with van der Waals surface area (Å²) >= 11 is 0. The average molecular weight is 371 g/mol. The summed E-state index contributed by atoms with van der Waals surface area (Å²) in [5.41, 5.74) is 6.59. The van der Waals surface area contributed by atoms with E-state index < -0.39 is 0 Å². The molecule has 0 aromatic heterocycles. The molecule has 0 aliphatic carbocycles. The van der Waals surface area contributed by atoms with E-state index in [1.54, 1.807) is 0 Å². The molecule has 1 fully saturated rings. The van der Waals surface area contributed by atoms with Crippen LogP contribution in [-0.2, 0) is 9.53 Å². The van der Waals surface area contributed by atoms with Crippen LogP contribution < -0.4 is 10.5 Å². The molecule has 1 amide bonds. The Hall–Kier alpha value is -1.30. The smallest absolute Gasteiger partial charge is 0.222 e. The van der Waals surface area contributed by atoms with Gasteiger partial charge in [-0.3, -0.25) is 4.79 Å². The van der Waals surface area contributed by atoms with Crippen LogP contribution in [0.15, 0.2) is 24.3 Å². The van der Waals surface area contributed by atoms with E-state index in [9.17, 15) is 4.79 Å². The van der Waals surface area contributed by atoms with Crippen LogP contribution >= 0.6 is 12.4 Å². The van der Waals surface area contributed by atoms with Crippen molar-refractivity contribution in [2.24, 2.45) is 5.73 Å². The van der Waals surface area contributed by atoms with Gasteiger partial charge in [-0.05, 0) is 50.8 Å². The molecule has 1 saturated heterocycles. The number of nitrogens with two attached hydrogens (primary N) is 1. The SMILES string of the molecule is Cc1ccccc1OCCCC(=O)N1CCC(OCCCN)CC1.Cl. The minimum atomic E-state index is 0. The highest BCUT2D eigenvalue weighted by molar-refractivity contribution is 5.85. The molecule has 1 heterocycles.